The first-order valence-corrected chi connectivity index (χ1v) is 17.9. The molecular weight excluding hydrogens is 516 g/mol. The van der Waals surface area contributed by atoms with Crippen molar-refractivity contribution in [1.29, 1.82) is 0 Å². The number of nitrogens with one attached hydrogen (secondary N) is 1. The maximum atomic E-state index is 13.7. The molecule has 2 aromatic rings. The number of unbranched alkanes of at least 4 members (excludes halogenated alkanes) is 3. The zero-order chi connectivity index (χ0) is 29.1. The second-order valence-electron chi connectivity index (χ2n) is 11.4. The third-order valence-corrected chi connectivity index (χ3v) is 14.1. The SMILES string of the molecule is CCCC[Si](CCCC)(CCCC)c1cc(C)c(OC)c(C(=O)NCN2CCc3cc(OC)c(OC)cc3C2)c1. The van der Waals surface area contributed by atoms with Crippen LogP contribution in [-0.2, 0) is 13.0 Å². The topological polar surface area (TPSA) is 60.0 Å². The highest BCUT2D eigenvalue weighted by Crippen LogP contribution is 2.34. The van der Waals surface area contributed by atoms with Gasteiger partial charge in [0.1, 0.15) is 5.75 Å². The largest absolute Gasteiger partial charge is 0.496 e. The minimum Gasteiger partial charge on any atom is -0.496 e. The Morgan fingerprint density at radius 3 is 1.95 bits per heavy atom. The number of aryl methyl sites for hydroxylation is 1. The Morgan fingerprint density at radius 1 is 0.850 bits per heavy atom. The summed E-state index contributed by atoms with van der Waals surface area (Å²) in [6.45, 7) is 11.1. The van der Waals surface area contributed by atoms with Gasteiger partial charge in [-0.25, -0.2) is 0 Å². The van der Waals surface area contributed by atoms with Crippen LogP contribution in [0.4, 0.5) is 0 Å². The van der Waals surface area contributed by atoms with Crippen LogP contribution in [-0.4, -0.2) is 53.4 Å². The van der Waals surface area contributed by atoms with Crippen molar-refractivity contribution in [2.75, 3.05) is 34.5 Å². The average Bonchev–Trinajstić information content (AvgIpc) is 2.98. The van der Waals surface area contributed by atoms with Gasteiger partial charge in [-0.3, -0.25) is 9.69 Å². The summed E-state index contributed by atoms with van der Waals surface area (Å²) in [5.74, 6) is 2.16. The Kier molecular flexibility index (Phi) is 12.4. The van der Waals surface area contributed by atoms with Crippen LogP contribution < -0.4 is 24.7 Å². The standard InChI is InChI=1S/C33H52N2O4Si/c1-8-11-16-40(17-12-9-2,18-13-10-3)28-19-25(4)32(39-7)29(22-28)33(36)34-24-35-15-14-26-20-30(37-5)31(38-6)21-27(26)23-35/h19-22H,8-18,23-24H2,1-7H3,(H,34,36). The van der Waals surface area contributed by atoms with Crippen LogP contribution in [0.1, 0.15) is 86.3 Å². The van der Waals surface area contributed by atoms with Crippen LogP contribution in [0.2, 0.25) is 18.1 Å². The van der Waals surface area contributed by atoms with E-state index in [1.54, 1.807) is 21.3 Å². The summed E-state index contributed by atoms with van der Waals surface area (Å²) >= 11 is 0. The van der Waals surface area contributed by atoms with Gasteiger partial charge in [-0.2, -0.15) is 0 Å². The summed E-state index contributed by atoms with van der Waals surface area (Å²) in [4.78, 5) is 16.0. The molecule has 1 aliphatic heterocycles. The molecule has 2 aromatic carbocycles. The summed E-state index contributed by atoms with van der Waals surface area (Å²) in [5.41, 5.74) is 4.24. The number of rotatable bonds is 16. The summed E-state index contributed by atoms with van der Waals surface area (Å²) in [6, 6.07) is 12.6. The van der Waals surface area contributed by atoms with E-state index in [9.17, 15) is 4.79 Å². The first kappa shape index (κ1) is 32.0. The molecule has 0 radical (unpaired) electrons. The molecule has 0 spiro atoms. The quantitative estimate of drug-likeness (QED) is 0.225. The maximum absolute atomic E-state index is 13.7. The number of nitrogens with zero attached hydrogens (tertiary/aromatic N) is 1. The second-order valence-corrected chi connectivity index (χ2v) is 16.0. The van der Waals surface area contributed by atoms with E-state index in [1.165, 1.54) is 73.0 Å². The van der Waals surface area contributed by atoms with Crippen LogP contribution in [0, 0.1) is 6.92 Å². The van der Waals surface area contributed by atoms with Crippen LogP contribution in [0.25, 0.3) is 0 Å². The predicted molar refractivity (Wildman–Crippen MR) is 168 cm³/mol. The minimum atomic E-state index is -1.76. The van der Waals surface area contributed by atoms with Gasteiger partial charge in [-0.05, 0) is 48.2 Å². The number of carbonyl (C=O) groups is 1. The molecule has 7 heteroatoms. The first-order valence-electron chi connectivity index (χ1n) is 15.3. The molecule has 1 amide bonds. The van der Waals surface area contributed by atoms with Gasteiger partial charge >= 0.3 is 0 Å². The lowest BCUT2D eigenvalue weighted by Gasteiger charge is -2.34. The van der Waals surface area contributed by atoms with E-state index in [0.717, 1.165) is 36.6 Å². The number of methoxy groups -OCH3 is 3. The molecule has 1 N–H and O–H groups in total. The summed E-state index contributed by atoms with van der Waals surface area (Å²) in [6.07, 6.45) is 8.34. The zero-order valence-corrected chi connectivity index (χ0v) is 27.1. The molecular formula is C33H52N2O4Si. The molecule has 1 aliphatic rings. The first-order chi connectivity index (χ1) is 19.4. The van der Waals surface area contributed by atoms with E-state index in [2.05, 4.69) is 62.2 Å². The van der Waals surface area contributed by atoms with Gasteiger partial charge in [0, 0.05) is 13.1 Å². The van der Waals surface area contributed by atoms with Gasteiger partial charge in [0.25, 0.3) is 5.91 Å². The fraction of sp³-hybridized carbons (Fsp3) is 0.606. The van der Waals surface area contributed by atoms with Gasteiger partial charge in [-0.15, -0.1) is 0 Å². The average molecular weight is 569 g/mol. The third-order valence-electron chi connectivity index (χ3n) is 8.62. The zero-order valence-electron chi connectivity index (χ0n) is 26.1. The monoisotopic (exact) mass is 568 g/mol. The molecule has 222 valence electrons. The summed E-state index contributed by atoms with van der Waals surface area (Å²) in [5, 5.41) is 4.67. The molecule has 0 saturated carbocycles. The third kappa shape index (κ3) is 7.61. The van der Waals surface area contributed by atoms with Crippen molar-refractivity contribution < 1.29 is 19.0 Å². The lowest BCUT2D eigenvalue weighted by molar-refractivity contribution is 0.0914. The van der Waals surface area contributed by atoms with Crippen LogP contribution >= 0.6 is 0 Å². The van der Waals surface area contributed by atoms with Gasteiger partial charge in [0.05, 0.1) is 41.6 Å². The molecule has 0 saturated heterocycles. The molecule has 6 nitrogen and oxygen atoms in total. The van der Waals surface area contributed by atoms with Crippen molar-refractivity contribution in [2.24, 2.45) is 0 Å². The van der Waals surface area contributed by atoms with Gasteiger partial charge in [-0.1, -0.05) is 88.7 Å². The lowest BCUT2D eigenvalue weighted by Crippen LogP contribution is -2.48. The van der Waals surface area contributed by atoms with Crippen LogP contribution in [0.5, 0.6) is 17.2 Å². The van der Waals surface area contributed by atoms with Crippen molar-refractivity contribution in [3.63, 3.8) is 0 Å². The number of amides is 1. The van der Waals surface area contributed by atoms with Crippen molar-refractivity contribution in [3.05, 3.63) is 46.5 Å². The fourth-order valence-electron chi connectivity index (χ4n) is 6.23. The van der Waals surface area contributed by atoms with Crippen LogP contribution in [0.15, 0.2) is 24.3 Å². The Bertz CT molecular complexity index is 1100. The van der Waals surface area contributed by atoms with E-state index >= 15 is 0 Å². The molecule has 1 heterocycles. The van der Waals surface area contributed by atoms with Crippen molar-refractivity contribution in [1.82, 2.24) is 10.2 Å². The Balaban J connectivity index is 1.85. The molecule has 0 atom stereocenters. The number of carbonyl (C=O) groups excluding carboxylic acids is 1. The maximum Gasteiger partial charge on any atom is 0.256 e. The van der Waals surface area contributed by atoms with Crippen molar-refractivity contribution >= 4 is 19.2 Å². The molecule has 0 aromatic heterocycles. The Morgan fingerprint density at radius 2 is 1.43 bits per heavy atom. The molecule has 3 rings (SSSR count). The lowest BCUT2D eigenvalue weighted by atomic mass is 9.99. The van der Waals surface area contributed by atoms with Gasteiger partial charge in [0.15, 0.2) is 11.5 Å². The molecule has 0 fully saturated rings. The van der Waals surface area contributed by atoms with E-state index in [4.69, 9.17) is 14.2 Å². The second kappa shape index (κ2) is 15.5. The summed E-state index contributed by atoms with van der Waals surface area (Å²) < 4.78 is 16.8. The van der Waals surface area contributed by atoms with E-state index < -0.39 is 8.07 Å². The number of ether oxygens (including phenoxy) is 3. The molecule has 0 bridgehead atoms. The van der Waals surface area contributed by atoms with E-state index in [1.807, 2.05) is 0 Å². The smallest absolute Gasteiger partial charge is 0.256 e. The van der Waals surface area contributed by atoms with Gasteiger partial charge in [0.2, 0.25) is 0 Å². The van der Waals surface area contributed by atoms with E-state index in [-0.39, 0.29) is 5.91 Å². The predicted octanol–water partition coefficient (Wildman–Crippen LogP) is 6.82. The normalized spacial score (nSPS) is 13.6. The number of fused-ring (bicyclic) bond motifs is 1. The highest BCUT2D eigenvalue weighted by molar-refractivity contribution is 6.92. The fourth-order valence-corrected chi connectivity index (χ4v) is 11.9. The number of benzene rings is 2. The molecule has 0 unspecified atom stereocenters. The van der Waals surface area contributed by atoms with Crippen molar-refractivity contribution in [2.45, 2.75) is 97.3 Å². The van der Waals surface area contributed by atoms with Crippen molar-refractivity contribution in [3.8, 4) is 17.2 Å². The van der Waals surface area contributed by atoms with Gasteiger partial charge < -0.3 is 19.5 Å². The molecule has 40 heavy (non-hydrogen) atoms. The van der Waals surface area contributed by atoms with E-state index in [0.29, 0.717) is 18.0 Å². The Labute approximate surface area is 243 Å². The van der Waals surface area contributed by atoms with Crippen LogP contribution in [0.3, 0.4) is 0 Å². The summed E-state index contributed by atoms with van der Waals surface area (Å²) in [7, 11) is 3.26. The number of hydrogen-bond acceptors (Lipinski definition) is 5. The highest BCUT2D eigenvalue weighted by Gasteiger charge is 2.35. The minimum absolute atomic E-state index is 0.0516. The Hall–Kier alpha value is -2.51. The highest BCUT2D eigenvalue weighted by atomic mass is 28.3. The molecule has 0 aliphatic carbocycles. The number of hydrogen-bond donors (Lipinski definition) is 1.